The van der Waals surface area contributed by atoms with Crippen LogP contribution in [0, 0.1) is 25.2 Å². The molecule has 0 fully saturated rings. The Bertz CT molecular complexity index is 784. The number of nitrogens with zero attached hydrogens (tertiary/aromatic N) is 3. The van der Waals surface area contributed by atoms with Gasteiger partial charge in [0.15, 0.2) is 0 Å². The molecule has 0 saturated carbocycles. The minimum absolute atomic E-state index is 0.0133. The number of hydrogen-bond acceptors (Lipinski definition) is 5. The first kappa shape index (κ1) is 15.5. The molecular weight excluding hydrogens is 284 g/mol. The van der Waals surface area contributed by atoms with Gasteiger partial charge in [-0.15, -0.1) is 0 Å². The van der Waals surface area contributed by atoms with E-state index in [1.54, 1.807) is 32.9 Å². The number of rotatable bonds is 4. The van der Waals surface area contributed by atoms with Crippen molar-refractivity contribution in [1.82, 2.24) is 15.1 Å². The van der Waals surface area contributed by atoms with Gasteiger partial charge < -0.3 is 9.73 Å². The highest BCUT2D eigenvalue weighted by atomic mass is 16.3. The Morgan fingerprint density at radius 2 is 2.27 bits per heavy atom. The first-order valence-corrected chi connectivity index (χ1v) is 6.75. The van der Waals surface area contributed by atoms with E-state index in [1.165, 1.54) is 6.26 Å². The molecule has 7 nitrogen and oxygen atoms in total. The molecule has 2 heterocycles. The van der Waals surface area contributed by atoms with Gasteiger partial charge in [-0.05, 0) is 38.5 Å². The van der Waals surface area contributed by atoms with Crippen molar-refractivity contribution in [2.45, 2.75) is 33.4 Å². The average Bonchev–Trinajstić information content (AvgIpc) is 2.99. The largest absolute Gasteiger partial charge is 0.467 e. The molecule has 0 aliphatic rings. The van der Waals surface area contributed by atoms with E-state index < -0.39 is 5.56 Å². The molecule has 1 amide bonds. The van der Waals surface area contributed by atoms with Crippen molar-refractivity contribution in [2.24, 2.45) is 0 Å². The summed E-state index contributed by atoms with van der Waals surface area (Å²) in [5.74, 6) is 0.233. The summed E-state index contributed by atoms with van der Waals surface area (Å²) in [5.41, 5.74) is 0.530. The van der Waals surface area contributed by atoms with Crippen LogP contribution in [0.2, 0.25) is 0 Å². The summed E-state index contributed by atoms with van der Waals surface area (Å²) in [6, 6.07) is 5.02. The summed E-state index contributed by atoms with van der Waals surface area (Å²) >= 11 is 0. The van der Waals surface area contributed by atoms with E-state index in [0.717, 1.165) is 4.68 Å². The van der Waals surface area contributed by atoms with Gasteiger partial charge in [0.05, 0.1) is 18.0 Å². The number of nitriles is 1. The number of carbonyl (C=O) groups excluding carboxylic acids is 1. The molecule has 0 saturated heterocycles. The molecule has 0 aliphatic heterocycles. The molecule has 1 N–H and O–H groups in total. The van der Waals surface area contributed by atoms with Crippen LogP contribution in [0.25, 0.3) is 0 Å². The zero-order chi connectivity index (χ0) is 16.3. The Kier molecular flexibility index (Phi) is 4.41. The third kappa shape index (κ3) is 3.06. The van der Waals surface area contributed by atoms with Gasteiger partial charge in [0, 0.05) is 0 Å². The number of aryl methyl sites for hydroxylation is 1. The topological polar surface area (TPSA) is 101 Å². The second-order valence-corrected chi connectivity index (χ2v) is 4.96. The highest BCUT2D eigenvalue weighted by Crippen LogP contribution is 2.12. The third-order valence-electron chi connectivity index (χ3n) is 3.39. The van der Waals surface area contributed by atoms with Crippen LogP contribution in [0.1, 0.15) is 35.5 Å². The molecule has 0 aromatic carbocycles. The molecule has 0 aliphatic carbocycles. The third-order valence-corrected chi connectivity index (χ3v) is 3.39. The number of hydrogen-bond donors (Lipinski definition) is 1. The molecule has 2 aromatic rings. The smallest absolute Gasteiger partial charge is 0.285 e. The number of carbonyl (C=O) groups is 1. The minimum atomic E-state index is -0.564. The summed E-state index contributed by atoms with van der Waals surface area (Å²) in [4.78, 5) is 24.1. The standard InChI is InChI=1S/C15H16N4O3/c1-9-10(2)18-19(15(21)12(9)7-16)8-14(20)17-11(3)13-5-4-6-22-13/h4-6,11H,8H2,1-3H3,(H,17,20)/t11-/m0/s1. The molecule has 0 bridgehead atoms. The van der Waals surface area contributed by atoms with Crippen LogP contribution in [-0.2, 0) is 11.3 Å². The monoisotopic (exact) mass is 300 g/mol. The lowest BCUT2D eigenvalue weighted by molar-refractivity contribution is -0.122. The summed E-state index contributed by atoms with van der Waals surface area (Å²) in [7, 11) is 0. The zero-order valence-electron chi connectivity index (χ0n) is 12.6. The molecule has 7 heteroatoms. The van der Waals surface area contributed by atoms with E-state index in [9.17, 15) is 9.59 Å². The summed E-state index contributed by atoms with van der Waals surface area (Å²) in [6.07, 6.45) is 1.52. The maximum Gasteiger partial charge on any atom is 0.285 e. The highest BCUT2D eigenvalue weighted by Gasteiger charge is 2.16. The molecule has 0 unspecified atom stereocenters. The number of aromatic nitrogens is 2. The zero-order valence-corrected chi connectivity index (χ0v) is 12.6. The van der Waals surface area contributed by atoms with Crippen molar-refractivity contribution >= 4 is 5.91 Å². The van der Waals surface area contributed by atoms with E-state index in [1.807, 2.05) is 6.07 Å². The van der Waals surface area contributed by atoms with Crippen molar-refractivity contribution in [3.63, 3.8) is 0 Å². The van der Waals surface area contributed by atoms with Crippen LogP contribution in [0.3, 0.4) is 0 Å². The first-order valence-electron chi connectivity index (χ1n) is 6.75. The van der Waals surface area contributed by atoms with E-state index >= 15 is 0 Å². The lowest BCUT2D eigenvalue weighted by Crippen LogP contribution is -2.36. The van der Waals surface area contributed by atoms with Crippen LogP contribution in [0.5, 0.6) is 0 Å². The van der Waals surface area contributed by atoms with Gasteiger partial charge in [0.1, 0.15) is 23.9 Å². The maximum atomic E-state index is 12.1. The number of amides is 1. The Balaban J connectivity index is 2.18. The van der Waals surface area contributed by atoms with Crippen LogP contribution < -0.4 is 10.9 Å². The molecule has 22 heavy (non-hydrogen) atoms. The molecule has 114 valence electrons. The Labute approximate surface area is 127 Å². The van der Waals surface area contributed by atoms with Crippen LogP contribution in [0.15, 0.2) is 27.6 Å². The Morgan fingerprint density at radius 3 is 2.86 bits per heavy atom. The number of furan rings is 1. The van der Waals surface area contributed by atoms with Gasteiger partial charge >= 0.3 is 0 Å². The quantitative estimate of drug-likeness (QED) is 0.914. The van der Waals surface area contributed by atoms with Crippen molar-refractivity contribution < 1.29 is 9.21 Å². The van der Waals surface area contributed by atoms with Gasteiger partial charge in [-0.1, -0.05) is 0 Å². The van der Waals surface area contributed by atoms with E-state index in [2.05, 4.69) is 10.4 Å². The van der Waals surface area contributed by atoms with Crippen LogP contribution >= 0.6 is 0 Å². The van der Waals surface area contributed by atoms with Gasteiger partial charge in [0.2, 0.25) is 5.91 Å². The Morgan fingerprint density at radius 1 is 1.55 bits per heavy atom. The highest BCUT2D eigenvalue weighted by molar-refractivity contribution is 5.76. The van der Waals surface area contributed by atoms with Crippen LogP contribution in [0.4, 0.5) is 0 Å². The van der Waals surface area contributed by atoms with E-state index in [0.29, 0.717) is 17.0 Å². The predicted octanol–water partition coefficient (Wildman–Crippen LogP) is 1.20. The summed E-state index contributed by atoms with van der Waals surface area (Å²) < 4.78 is 6.20. The molecule has 0 spiro atoms. The van der Waals surface area contributed by atoms with Gasteiger partial charge in [0.25, 0.3) is 5.56 Å². The fourth-order valence-corrected chi connectivity index (χ4v) is 2.04. The van der Waals surface area contributed by atoms with Crippen LogP contribution in [-0.4, -0.2) is 15.7 Å². The summed E-state index contributed by atoms with van der Waals surface area (Å²) in [6.45, 7) is 4.87. The van der Waals surface area contributed by atoms with Crippen molar-refractivity contribution in [3.8, 4) is 6.07 Å². The fraction of sp³-hybridized carbons (Fsp3) is 0.333. The minimum Gasteiger partial charge on any atom is -0.467 e. The van der Waals surface area contributed by atoms with Gasteiger partial charge in [-0.25, -0.2) is 4.68 Å². The second kappa shape index (κ2) is 6.26. The molecule has 1 atom stereocenters. The predicted molar refractivity (Wildman–Crippen MR) is 78.0 cm³/mol. The average molecular weight is 300 g/mol. The Hall–Kier alpha value is -2.88. The van der Waals surface area contributed by atoms with Crippen molar-refractivity contribution in [2.75, 3.05) is 0 Å². The lowest BCUT2D eigenvalue weighted by atomic mass is 10.1. The normalized spacial score (nSPS) is 11.7. The van der Waals surface area contributed by atoms with Crippen molar-refractivity contribution in [1.29, 1.82) is 5.26 Å². The fourth-order valence-electron chi connectivity index (χ4n) is 2.04. The molecular formula is C15H16N4O3. The maximum absolute atomic E-state index is 12.1. The second-order valence-electron chi connectivity index (χ2n) is 4.96. The molecule has 2 aromatic heterocycles. The van der Waals surface area contributed by atoms with Gasteiger partial charge in [-0.3, -0.25) is 9.59 Å². The van der Waals surface area contributed by atoms with Crippen molar-refractivity contribution in [3.05, 3.63) is 51.3 Å². The van der Waals surface area contributed by atoms with E-state index in [-0.39, 0.29) is 24.1 Å². The van der Waals surface area contributed by atoms with Gasteiger partial charge in [-0.2, -0.15) is 10.4 Å². The SMILES string of the molecule is Cc1nn(CC(=O)N[C@@H](C)c2ccco2)c(=O)c(C#N)c1C. The molecule has 0 radical (unpaired) electrons. The number of nitrogens with one attached hydrogen (secondary N) is 1. The summed E-state index contributed by atoms with van der Waals surface area (Å²) in [5, 5.41) is 15.8. The first-order chi connectivity index (χ1) is 10.4. The lowest BCUT2D eigenvalue weighted by Gasteiger charge is -2.13. The van der Waals surface area contributed by atoms with E-state index in [4.69, 9.17) is 9.68 Å². The molecule has 2 rings (SSSR count).